The van der Waals surface area contributed by atoms with Gasteiger partial charge in [0.15, 0.2) is 11.1 Å². The highest BCUT2D eigenvalue weighted by Crippen LogP contribution is 2.28. The van der Waals surface area contributed by atoms with Gasteiger partial charge in [-0.3, -0.25) is 9.79 Å². The van der Waals surface area contributed by atoms with Crippen LogP contribution in [-0.4, -0.2) is 56.1 Å². The second-order valence-electron chi connectivity index (χ2n) is 6.82. The summed E-state index contributed by atoms with van der Waals surface area (Å²) in [6.07, 6.45) is 5.48. The van der Waals surface area contributed by atoms with Crippen LogP contribution in [0.1, 0.15) is 38.3 Å². The molecule has 2 aliphatic rings. The van der Waals surface area contributed by atoms with Crippen molar-refractivity contribution in [2.24, 2.45) is 10.9 Å². The van der Waals surface area contributed by atoms with Crippen molar-refractivity contribution in [1.29, 1.82) is 0 Å². The minimum atomic E-state index is 0.186. The molecule has 144 valence electrons. The first-order chi connectivity index (χ1) is 12.8. The van der Waals surface area contributed by atoms with Crippen molar-refractivity contribution in [2.45, 2.75) is 39.0 Å². The third-order valence-corrected chi connectivity index (χ3v) is 5.51. The van der Waals surface area contributed by atoms with Gasteiger partial charge in [0.2, 0.25) is 5.91 Å². The fourth-order valence-electron chi connectivity index (χ4n) is 2.95. The summed E-state index contributed by atoms with van der Waals surface area (Å²) >= 11 is 1.74. The molecule has 0 unspecified atom stereocenters. The van der Waals surface area contributed by atoms with E-state index in [0.29, 0.717) is 19.6 Å². The molecule has 0 aromatic carbocycles. The SMILES string of the molecule is CCNC(=NCCc1csc(N2CCCC2)n1)NCCNC(=O)C1CC1. The number of carbonyl (C=O) groups excluding carboxylic acids is 1. The molecule has 1 amide bonds. The topological polar surface area (TPSA) is 81.7 Å². The lowest BCUT2D eigenvalue weighted by Crippen LogP contribution is -2.41. The van der Waals surface area contributed by atoms with Gasteiger partial charge >= 0.3 is 0 Å². The average molecular weight is 379 g/mol. The quantitative estimate of drug-likeness (QED) is 0.343. The van der Waals surface area contributed by atoms with Crippen molar-refractivity contribution in [3.8, 4) is 0 Å². The number of anilines is 1. The molecular formula is C18H30N6OS. The zero-order valence-corrected chi connectivity index (χ0v) is 16.4. The minimum absolute atomic E-state index is 0.186. The lowest BCUT2D eigenvalue weighted by Gasteiger charge is -2.12. The number of nitrogens with one attached hydrogen (secondary N) is 3. The normalized spacial score (nSPS) is 17.4. The predicted octanol–water partition coefficient (Wildman–Crippen LogP) is 1.37. The average Bonchev–Trinajstić information content (AvgIpc) is 3.15. The van der Waals surface area contributed by atoms with Crippen LogP contribution in [0.5, 0.6) is 0 Å². The number of hydrogen-bond acceptors (Lipinski definition) is 5. The van der Waals surface area contributed by atoms with Crippen LogP contribution in [0.25, 0.3) is 0 Å². The Kier molecular flexibility index (Phi) is 7.11. The fourth-order valence-corrected chi connectivity index (χ4v) is 3.86. The first-order valence-electron chi connectivity index (χ1n) is 9.75. The molecule has 1 saturated heterocycles. The Balaban J connectivity index is 1.38. The first kappa shape index (κ1) is 18.9. The van der Waals surface area contributed by atoms with E-state index in [1.165, 1.54) is 12.8 Å². The highest BCUT2D eigenvalue weighted by molar-refractivity contribution is 7.13. The predicted molar refractivity (Wildman–Crippen MR) is 107 cm³/mol. The number of guanidine groups is 1. The highest BCUT2D eigenvalue weighted by Gasteiger charge is 2.28. The Labute approximate surface area is 159 Å². The molecule has 3 N–H and O–H groups in total. The standard InChI is InChI=1S/C18H30N6OS/c1-2-19-17(22-10-9-20-16(25)14-5-6-14)21-8-7-15-13-26-18(23-15)24-11-3-4-12-24/h13-14H,2-12H2,1H3,(H,20,25)(H2,19,21,22). The number of thiazole rings is 1. The molecule has 0 radical (unpaired) electrons. The second-order valence-corrected chi connectivity index (χ2v) is 7.65. The molecule has 1 aromatic rings. The van der Waals surface area contributed by atoms with Gasteiger partial charge in [0.1, 0.15) is 0 Å². The van der Waals surface area contributed by atoms with Gasteiger partial charge in [0.25, 0.3) is 0 Å². The second kappa shape index (κ2) is 9.75. The molecule has 1 aliphatic heterocycles. The Hall–Kier alpha value is -1.83. The summed E-state index contributed by atoms with van der Waals surface area (Å²) in [6.45, 7) is 7.15. The van der Waals surface area contributed by atoms with Crippen LogP contribution >= 0.6 is 11.3 Å². The molecule has 3 rings (SSSR count). The lowest BCUT2D eigenvalue weighted by molar-refractivity contribution is -0.122. The Morgan fingerprint density at radius 2 is 2.04 bits per heavy atom. The van der Waals surface area contributed by atoms with E-state index in [-0.39, 0.29) is 11.8 Å². The van der Waals surface area contributed by atoms with Gasteiger partial charge in [-0.1, -0.05) is 0 Å². The van der Waals surface area contributed by atoms with Crippen molar-refractivity contribution in [3.63, 3.8) is 0 Å². The Bertz CT molecular complexity index is 607. The van der Waals surface area contributed by atoms with Crippen LogP contribution in [0.3, 0.4) is 0 Å². The summed E-state index contributed by atoms with van der Waals surface area (Å²) in [6, 6.07) is 0. The largest absolute Gasteiger partial charge is 0.357 e. The third-order valence-electron chi connectivity index (χ3n) is 4.56. The molecule has 1 aromatic heterocycles. The van der Waals surface area contributed by atoms with Gasteiger partial charge in [-0.15, -0.1) is 11.3 Å². The van der Waals surface area contributed by atoms with E-state index in [0.717, 1.165) is 55.7 Å². The Morgan fingerprint density at radius 3 is 2.77 bits per heavy atom. The zero-order valence-electron chi connectivity index (χ0n) is 15.6. The van der Waals surface area contributed by atoms with Crippen molar-refractivity contribution >= 4 is 28.3 Å². The zero-order chi connectivity index (χ0) is 18.2. The van der Waals surface area contributed by atoms with Crippen molar-refractivity contribution in [3.05, 3.63) is 11.1 Å². The van der Waals surface area contributed by atoms with E-state index in [1.807, 2.05) is 0 Å². The molecular weight excluding hydrogens is 348 g/mol. The summed E-state index contributed by atoms with van der Waals surface area (Å²) in [5.74, 6) is 1.25. The number of hydrogen-bond donors (Lipinski definition) is 3. The maximum atomic E-state index is 11.6. The van der Waals surface area contributed by atoms with Gasteiger partial charge in [0.05, 0.1) is 5.69 Å². The van der Waals surface area contributed by atoms with E-state index in [9.17, 15) is 4.79 Å². The van der Waals surface area contributed by atoms with Crippen molar-refractivity contribution in [2.75, 3.05) is 44.2 Å². The van der Waals surface area contributed by atoms with E-state index in [1.54, 1.807) is 11.3 Å². The van der Waals surface area contributed by atoms with Gasteiger partial charge < -0.3 is 20.9 Å². The van der Waals surface area contributed by atoms with Crippen LogP contribution in [0.2, 0.25) is 0 Å². The van der Waals surface area contributed by atoms with Crippen LogP contribution < -0.4 is 20.9 Å². The van der Waals surface area contributed by atoms with E-state index in [2.05, 4.69) is 38.1 Å². The maximum absolute atomic E-state index is 11.6. The van der Waals surface area contributed by atoms with Gasteiger partial charge in [-0.25, -0.2) is 4.98 Å². The highest BCUT2D eigenvalue weighted by atomic mass is 32.1. The molecule has 7 nitrogen and oxygen atoms in total. The number of rotatable bonds is 9. The Morgan fingerprint density at radius 1 is 1.27 bits per heavy atom. The minimum Gasteiger partial charge on any atom is -0.357 e. The number of aromatic nitrogens is 1. The molecule has 1 saturated carbocycles. The van der Waals surface area contributed by atoms with Crippen LogP contribution in [0, 0.1) is 5.92 Å². The number of carbonyl (C=O) groups is 1. The monoisotopic (exact) mass is 378 g/mol. The smallest absolute Gasteiger partial charge is 0.223 e. The number of aliphatic imine (C=N–C) groups is 1. The molecule has 8 heteroatoms. The molecule has 2 fully saturated rings. The van der Waals surface area contributed by atoms with Crippen LogP contribution in [0.15, 0.2) is 10.4 Å². The lowest BCUT2D eigenvalue weighted by atomic mass is 10.3. The number of amides is 1. The third kappa shape index (κ3) is 5.86. The molecule has 2 heterocycles. The van der Waals surface area contributed by atoms with E-state index >= 15 is 0 Å². The summed E-state index contributed by atoms with van der Waals surface area (Å²) in [4.78, 5) is 23.3. The molecule has 1 aliphatic carbocycles. The van der Waals surface area contributed by atoms with E-state index in [4.69, 9.17) is 4.98 Å². The molecule has 26 heavy (non-hydrogen) atoms. The first-order valence-corrected chi connectivity index (χ1v) is 10.6. The maximum Gasteiger partial charge on any atom is 0.223 e. The summed E-state index contributed by atoms with van der Waals surface area (Å²) < 4.78 is 0. The fraction of sp³-hybridized carbons (Fsp3) is 0.722. The van der Waals surface area contributed by atoms with E-state index < -0.39 is 0 Å². The van der Waals surface area contributed by atoms with Crippen molar-refractivity contribution in [1.82, 2.24) is 20.9 Å². The van der Waals surface area contributed by atoms with Crippen LogP contribution in [-0.2, 0) is 11.2 Å². The molecule has 0 spiro atoms. The number of nitrogens with zero attached hydrogens (tertiary/aromatic N) is 3. The molecule has 0 bridgehead atoms. The molecule has 0 atom stereocenters. The van der Waals surface area contributed by atoms with Gasteiger partial charge in [0, 0.05) is 57.0 Å². The van der Waals surface area contributed by atoms with Crippen LogP contribution in [0.4, 0.5) is 5.13 Å². The summed E-state index contributed by atoms with van der Waals surface area (Å²) in [5, 5.41) is 12.8. The summed E-state index contributed by atoms with van der Waals surface area (Å²) in [7, 11) is 0. The summed E-state index contributed by atoms with van der Waals surface area (Å²) in [5.41, 5.74) is 1.12. The van der Waals surface area contributed by atoms with Crippen molar-refractivity contribution < 1.29 is 4.79 Å². The van der Waals surface area contributed by atoms with Gasteiger partial charge in [-0.2, -0.15) is 0 Å². The van der Waals surface area contributed by atoms with Gasteiger partial charge in [-0.05, 0) is 32.6 Å².